The lowest BCUT2D eigenvalue weighted by Gasteiger charge is -2.23. The second kappa shape index (κ2) is 15.0. The molecule has 1 heterocycles. The normalized spacial score (nSPS) is 15.3. The summed E-state index contributed by atoms with van der Waals surface area (Å²) in [5.41, 5.74) is 2.79. The Bertz CT molecular complexity index is 642. The van der Waals surface area contributed by atoms with Gasteiger partial charge in [0.1, 0.15) is 0 Å². The first-order valence-electron chi connectivity index (χ1n) is 12.3. The molecule has 0 amide bonds. The van der Waals surface area contributed by atoms with Gasteiger partial charge in [0.2, 0.25) is 0 Å². The topological polar surface area (TPSA) is 50.7 Å². The van der Waals surface area contributed by atoms with Crippen LogP contribution in [-0.2, 0) is 9.53 Å². The van der Waals surface area contributed by atoms with Crippen LogP contribution in [0.3, 0.4) is 0 Å². The van der Waals surface area contributed by atoms with Crippen LogP contribution in [0.25, 0.3) is 0 Å². The summed E-state index contributed by atoms with van der Waals surface area (Å²) in [6.45, 7) is 5.12. The van der Waals surface area contributed by atoms with E-state index in [9.17, 15) is 4.79 Å². The summed E-state index contributed by atoms with van der Waals surface area (Å²) in [7, 11) is 0. The molecule has 0 saturated heterocycles. The summed E-state index contributed by atoms with van der Waals surface area (Å²) in [5.74, 6) is 0. The SMILES string of the molecule is CCCCCCCCCCCCCCCCNC1=Nc2ccc(C)cc2C(C=O)O1. The third kappa shape index (κ3) is 9.32. The Labute approximate surface area is 183 Å². The van der Waals surface area contributed by atoms with Crippen molar-refractivity contribution in [2.45, 2.75) is 110 Å². The van der Waals surface area contributed by atoms with E-state index in [2.05, 4.69) is 17.2 Å². The minimum Gasteiger partial charge on any atom is -0.449 e. The fraction of sp³-hybridized carbons (Fsp3) is 0.692. The molecule has 1 aromatic carbocycles. The number of fused-ring (bicyclic) bond motifs is 1. The van der Waals surface area contributed by atoms with Gasteiger partial charge in [0.25, 0.3) is 6.02 Å². The van der Waals surface area contributed by atoms with Crippen molar-refractivity contribution in [3.8, 4) is 0 Å². The average molecular weight is 415 g/mol. The van der Waals surface area contributed by atoms with E-state index in [4.69, 9.17) is 4.74 Å². The van der Waals surface area contributed by atoms with Crippen molar-refractivity contribution in [3.63, 3.8) is 0 Å². The fourth-order valence-corrected chi connectivity index (χ4v) is 4.02. The van der Waals surface area contributed by atoms with E-state index in [-0.39, 0.29) is 0 Å². The maximum absolute atomic E-state index is 11.4. The highest BCUT2D eigenvalue weighted by atomic mass is 16.5. The van der Waals surface area contributed by atoms with Crippen molar-refractivity contribution in [2.24, 2.45) is 4.99 Å². The van der Waals surface area contributed by atoms with Gasteiger partial charge < -0.3 is 10.1 Å². The van der Waals surface area contributed by atoms with Gasteiger partial charge in [-0.1, -0.05) is 102 Å². The number of unbranched alkanes of at least 4 members (excludes halogenated alkanes) is 13. The molecule has 30 heavy (non-hydrogen) atoms. The first-order valence-corrected chi connectivity index (χ1v) is 12.3. The maximum Gasteiger partial charge on any atom is 0.290 e. The molecule has 1 unspecified atom stereocenters. The van der Waals surface area contributed by atoms with E-state index in [0.29, 0.717) is 6.02 Å². The van der Waals surface area contributed by atoms with E-state index in [1.165, 1.54) is 83.5 Å². The zero-order chi connectivity index (χ0) is 21.4. The highest BCUT2D eigenvalue weighted by molar-refractivity contribution is 5.83. The van der Waals surface area contributed by atoms with Crippen molar-refractivity contribution in [1.82, 2.24) is 5.32 Å². The summed E-state index contributed by atoms with van der Waals surface area (Å²) in [4.78, 5) is 15.9. The largest absolute Gasteiger partial charge is 0.449 e. The molecule has 0 aromatic heterocycles. The zero-order valence-electron chi connectivity index (χ0n) is 19.3. The monoisotopic (exact) mass is 414 g/mol. The van der Waals surface area contributed by atoms with Crippen LogP contribution in [0.1, 0.15) is 114 Å². The minimum atomic E-state index is -0.559. The number of ether oxygens (including phenoxy) is 1. The van der Waals surface area contributed by atoms with Crippen LogP contribution < -0.4 is 5.32 Å². The fourth-order valence-electron chi connectivity index (χ4n) is 4.02. The van der Waals surface area contributed by atoms with Gasteiger partial charge in [-0.25, -0.2) is 0 Å². The molecule has 4 nitrogen and oxygen atoms in total. The van der Waals surface area contributed by atoms with E-state index in [0.717, 1.165) is 36.1 Å². The Morgan fingerprint density at radius 1 is 0.900 bits per heavy atom. The third-order valence-electron chi connectivity index (χ3n) is 5.88. The Balaban J connectivity index is 1.47. The average Bonchev–Trinajstić information content (AvgIpc) is 2.76. The molecule has 0 fully saturated rings. The molecule has 1 atom stereocenters. The summed E-state index contributed by atoms with van der Waals surface area (Å²) >= 11 is 0. The molecule has 1 aromatic rings. The number of aliphatic imine (C=N–C) groups is 1. The van der Waals surface area contributed by atoms with Crippen LogP contribution in [0.4, 0.5) is 5.69 Å². The number of carbonyl (C=O) groups is 1. The summed E-state index contributed by atoms with van der Waals surface area (Å²) < 4.78 is 5.71. The number of nitrogens with one attached hydrogen (secondary N) is 1. The Morgan fingerprint density at radius 3 is 2.03 bits per heavy atom. The molecule has 1 N–H and O–H groups in total. The van der Waals surface area contributed by atoms with E-state index in [1.54, 1.807) is 0 Å². The quantitative estimate of drug-likeness (QED) is 0.228. The molecular weight excluding hydrogens is 372 g/mol. The van der Waals surface area contributed by atoms with Gasteiger partial charge in [-0.05, 0) is 25.5 Å². The molecule has 168 valence electrons. The molecule has 1 aliphatic heterocycles. The number of carbonyl (C=O) groups excluding carboxylic acids is 1. The molecule has 0 bridgehead atoms. The molecule has 0 spiro atoms. The molecule has 4 heteroatoms. The smallest absolute Gasteiger partial charge is 0.290 e. The van der Waals surface area contributed by atoms with Crippen molar-refractivity contribution < 1.29 is 9.53 Å². The number of amidine groups is 1. The predicted octanol–water partition coefficient (Wildman–Crippen LogP) is 7.32. The van der Waals surface area contributed by atoms with Crippen LogP contribution in [0.15, 0.2) is 23.2 Å². The third-order valence-corrected chi connectivity index (χ3v) is 5.88. The van der Waals surface area contributed by atoms with Gasteiger partial charge >= 0.3 is 0 Å². The first-order chi connectivity index (χ1) is 14.7. The number of aldehydes is 1. The summed E-state index contributed by atoms with van der Waals surface area (Å²) in [6, 6.07) is 6.42. The highest BCUT2D eigenvalue weighted by Gasteiger charge is 2.23. The number of rotatable bonds is 16. The number of nitrogens with zero attached hydrogens (tertiary/aromatic N) is 1. The lowest BCUT2D eigenvalue weighted by atomic mass is 10.0. The van der Waals surface area contributed by atoms with Crippen molar-refractivity contribution in [1.29, 1.82) is 0 Å². The van der Waals surface area contributed by atoms with Crippen molar-refractivity contribution >= 4 is 18.0 Å². The van der Waals surface area contributed by atoms with Crippen LogP contribution in [0.2, 0.25) is 0 Å². The van der Waals surface area contributed by atoms with Crippen LogP contribution in [0.5, 0.6) is 0 Å². The van der Waals surface area contributed by atoms with Crippen molar-refractivity contribution in [3.05, 3.63) is 29.3 Å². The maximum atomic E-state index is 11.4. The number of hydrogen-bond donors (Lipinski definition) is 1. The Morgan fingerprint density at radius 2 is 1.47 bits per heavy atom. The molecule has 0 aliphatic carbocycles. The number of hydrogen-bond acceptors (Lipinski definition) is 4. The van der Waals surface area contributed by atoms with E-state index < -0.39 is 6.10 Å². The van der Waals surface area contributed by atoms with Gasteiger partial charge in [0.15, 0.2) is 12.4 Å². The Hall–Kier alpha value is -1.84. The number of aryl methyl sites for hydroxylation is 1. The van der Waals surface area contributed by atoms with Gasteiger partial charge in [0, 0.05) is 12.1 Å². The minimum absolute atomic E-state index is 0.471. The highest BCUT2D eigenvalue weighted by Crippen LogP contribution is 2.32. The second-order valence-corrected chi connectivity index (χ2v) is 8.68. The predicted molar refractivity (Wildman–Crippen MR) is 126 cm³/mol. The number of benzene rings is 1. The van der Waals surface area contributed by atoms with Crippen molar-refractivity contribution in [2.75, 3.05) is 6.54 Å². The molecule has 2 rings (SSSR count). The zero-order valence-corrected chi connectivity index (χ0v) is 19.3. The first kappa shape index (κ1) is 24.4. The Kier molecular flexibility index (Phi) is 12.2. The van der Waals surface area contributed by atoms with E-state index >= 15 is 0 Å². The second-order valence-electron chi connectivity index (χ2n) is 8.68. The van der Waals surface area contributed by atoms with Crippen LogP contribution in [0, 0.1) is 6.92 Å². The van der Waals surface area contributed by atoms with Gasteiger partial charge in [-0.15, -0.1) is 0 Å². The van der Waals surface area contributed by atoms with Crippen LogP contribution >= 0.6 is 0 Å². The van der Waals surface area contributed by atoms with Crippen LogP contribution in [-0.4, -0.2) is 18.9 Å². The molecule has 0 radical (unpaired) electrons. The van der Waals surface area contributed by atoms with Gasteiger partial charge in [-0.3, -0.25) is 4.79 Å². The molecule has 0 saturated carbocycles. The van der Waals surface area contributed by atoms with Gasteiger partial charge in [-0.2, -0.15) is 4.99 Å². The van der Waals surface area contributed by atoms with Gasteiger partial charge in [0.05, 0.1) is 5.69 Å². The standard InChI is InChI=1S/C26H42N2O2/c1-3-4-5-6-7-8-9-10-11-12-13-14-15-16-19-27-26-28-24-18-17-22(2)20-23(24)25(21-29)30-26/h17-18,20-21,25H,3-16,19H2,1-2H3,(H,27,28). The molecular formula is C26H42N2O2. The molecule has 1 aliphatic rings. The lowest BCUT2D eigenvalue weighted by Crippen LogP contribution is -2.31. The summed E-state index contributed by atoms with van der Waals surface area (Å²) in [5, 5.41) is 3.25. The lowest BCUT2D eigenvalue weighted by molar-refractivity contribution is -0.114. The summed E-state index contributed by atoms with van der Waals surface area (Å²) in [6.07, 6.45) is 19.3. The van der Waals surface area contributed by atoms with E-state index in [1.807, 2.05) is 25.1 Å².